The van der Waals surface area contributed by atoms with Gasteiger partial charge in [-0.3, -0.25) is 9.80 Å². The highest BCUT2D eigenvalue weighted by Gasteiger charge is 2.45. The first-order chi connectivity index (χ1) is 13.8. The molecular formula is C24H30N2O2. The Labute approximate surface area is 168 Å². The van der Waals surface area contributed by atoms with Crippen LogP contribution in [0.4, 0.5) is 0 Å². The highest BCUT2D eigenvalue weighted by molar-refractivity contribution is 5.48. The van der Waals surface area contributed by atoms with E-state index in [0.29, 0.717) is 0 Å². The zero-order valence-corrected chi connectivity index (χ0v) is 16.4. The minimum absolute atomic E-state index is 0.0812. The smallest absolute Gasteiger partial charge is 0.108 e. The molecule has 0 unspecified atom stereocenters. The molecule has 2 aliphatic rings. The van der Waals surface area contributed by atoms with Crippen LogP contribution in [-0.2, 0) is 10.3 Å². The first-order valence-electron chi connectivity index (χ1n) is 10.3. The van der Waals surface area contributed by atoms with Crippen LogP contribution in [0.3, 0.4) is 0 Å². The fraction of sp³-hybridized carbons (Fsp3) is 0.417. The van der Waals surface area contributed by atoms with Gasteiger partial charge in [-0.05, 0) is 17.5 Å². The van der Waals surface area contributed by atoms with E-state index in [2.05, 4.69) is 58.4 Å². The van der Waals surface area contributed by atoms with E-state index in [4.69, 9.17) is 4.74 Å². The first-order valence-corrected chi connectivity index (χ1v) is 10.3. The summed E-state index contributed by atoms with van der Waals surface area (Å²) in [5.41, 5.74) is 1.45. The van der Waals surface area contributed by atoms with Crippen LogP contribution in [0.5, 0.6) is 0 Å². The number of ether oxygens (including phenoxy) is 1. The van der Waals surface area contributed by atoms with E-state index < -0.39 is 5.60 Å². The van der Waals surface area contributed by atoms with Crippen LogP contribution >= 0.6 is 0 Å². The van der Waals surface area contributed by atoms with Crippen molar-refractivity contribution in [3.05, 3.63) is 77.9 Å². The third kappa shape index (κ3) is 4.36. The number of benzene rings is 2. The Bertz CT molecular complexity index is 759. The van der Waals surface area contributed by atoms with Gasteiger partial charge in [-0.2, -0.15) is 0 Å². The molecule has 148 valence electrons. The summed E-state index contributed by atoms with van der Waals surface area (Å²) in [5, 5.41) is 11.7. The maximum absolute atomic E-state index is 11.7. The predicted molar refractivity (Wildman–Crippen MR) is 113 cm³/mol. The van der Waals surface area contributed by atoms with Crippen molar-refractivity contribution in [1.82, 2.24) is 9.80 Å². The van der Waals surface area contributed by atoms with E-state index in [1.807, 2.05) is 24.3 Å². The third-order valence-electron chi connectivity index (χ3n) is 6.03. The molecular weight excluding hydrogens is 348 g/mol. The molecule has 2 heterocycles. The first kappa shape index (κ1) is 19.3. The average Bonchev–Trinajstić information content (AvgIpc) is 2.77. The summed E-state index contributed by atoms with van der Waals surface area (Å²) in [7, 11) is 0. The lowest BCUT2D eigenvalue weighted by atomic mass is 9.79. The highest BCUT2D eigenvalue weighted by atomic mass is 16.5. The molecule has 2 fully saturated rings. The molecule has 28 heavy (non-hydrogen) atoms. The van der Waals surface area contributed by atoms with Gasteiger partial charge in [0.2, 0.25) is 0 Å². The molecule has 4 nitrogen and oxygen atoms in total. The molecule has 2 aromatic carbocycles. The molecule has 2 atom stereocenters. The average molecular weight is 379 g/mol. The molecule has 4 rings (SSSR count). The number of hydrogen-bond acceptors (Lipinski definition) is 4. The van der Waals surface area contributed by atoms with Gasteiger partial charge in [-0.25, -0.2) is 0 Å². The maximum Gasteiger partial charge on any atom is 0.108 e. The summed E-state index contributed by atoms with van der Waals surface area (Å²) < 4.78 is 5.56. The quantitative estimate of drug-likeness (QED) is 0.868. The fourth-order valence-electron chi connectivity index (χ4n) is 4.42. The highest BCUT2D eigenvalue weighted by Crippen LogP contribution is 2.36. The lowest BCUT2D eigenvalue weighted by Gasteiger charge is -2.50. The maximum atomic E-state index is 11.7. The van der Waals surface area contributed by atoms with Gasteiger partial charge in [0.15, 0.2) is 0 Å². The number of hydrogen-bond donors (Lipinski definition) is 1. The summed E-state index contributed by atoms with van der Waals surface area (Å²) >= 11 is 0. The number of rotatable bonds is 5. The molecule has 0 saturated carbocycles. The Kier molecular flexibility index (Phi) is 6.23. The largest absolute Gasteiger partial charge is 0.383 e. The topological polar surface area (TPSA) is 35.9 Å². The van der Waals surface area contributed by atoms with E-state index in [-0.39, 0.29) is 6.04 Å². The van der Waals surface area contributed by atoms with Crippen molar-refractivity contribution in [1.29, 1.82) is 0 Å². The monoisotopic (exact) mass is 378 g/mol. The Morgan fingerprint density at radius 3 is 2.36 bits per heavy atom. The van der Waals surface area contributed by atoms with Gasteiger partial charge < -0.3 is 9.84 Å². The zero-order valence-electron chi connectivity index (χ0n) is 16.4. The Balaban J connectivity index is 1.49. The Hall–Kier alpha value is -1.98. The summed E-state index contributed by atoms with van der Waals surface area (Å²) in [4.78, 5) is 4.88. The van der Waals surface area contributed by atoms with Gasteiger partial charge in [0.05, 0.1) is 19.3 Å². The van der Waals surface area contributed by atoms with Crippen molar-refractivity contribution in [3.8, 4) is 0 Å². The van der Waals surface area contributed by atoms with Crippen LogP contribution in [0.2, 0.25) is 0 Å². The SMILES string of the molecule is O[C@]1(c2ccccc2)CCN(C/C=C/c2ccccc2)C[C@H]1N1CCOCC1. The van der Waals surface area contributed by atoms with Crippen LogP contribution in [0, 0.1) is 0 Å². The minimum Gasteiger partial charge on any atom is -0.383 e. The van der Waals surface area contributed by atoms with Crippen molar-refractivity contribution < 1.29 is 9.84 Å². The van der Waals surface area contributed by atoms with Crippen molar-refractivity contribution in [2.45, 2.75) is 18.1 Å². The predicted octanol–water partition coefficient (Wildman–Crippen LogP) is 2.99. The third-order valence-corrected chi connectivity index (χ3v) is 6.03. The number of piperidine rings is 1. The number of likely N-dealkylation sites (tertiary alicyclic amines) is 1. The molecule has 2 saturated heterocycles. The lowest BCUT2D eigenvalue weighted by molar-refractivity contribution is -0.117. The van der Waals surface area contributed by atoms with E-state index in [1.54, 1.807) is 0 Å². The molecule has 0 amide bonds. The second-order valence-electron chi connectivity index (χ2n) is 7.78. The second kappa shape index (κ2) is 9.01. The van der Waals surface area contributed by atoms with Crippen molar-refractivity contribution in [2.24, 2.45) is 0 Å². The molecule has 0 radical (unpaired) electrons. The normalized spacial score (nSPS) is 27.2. The van der Waals surface area contributed by atoms with Gasteiger partial charge in [0.1, 0.15) is 5.60 Å². The van der Waals surface area contributed by atoms with Crippen LogP contribution < -0.4 is 0 Å². The summed E-state index contributed by atoms with van der Waals surface area (Å²) in [6, 6.07) is 20.7. The molecule has 0 bridgehead atoms. The van der Waals surface area contributed by atoms with Crippen molar-refractivity contribution in [3.63, 3.8) is 0 Å². The van der Waals surface area contributed by atoms with Gasteiger partial charge in [0, 0.05) is 32.7 Å². The van der Waals surface area contributed by atoms with E-state index in [1.165, 1.54) is 5.56 Å². The van der Waals surface area contributed by atoms with Crippen molar-refractivity contribution >= 4 is 6.08 Å². The van der Waals surface area contributed by atoms with Gasteiger partial charge in [0.25, 0.3) is 0 Å². The Morgan fingerprint density at radius 2 is 1.64 bits per heavy atom. The number of morpholine rings is 1. The van der Waals surface area contributed by atoms with Crippen LogP contribution in [0.25, 0.3) is 6.08 Å². The number of nitrogens with zero attached hydrogens (tertiary/aromatic N) is 2. The summed E-state index contributed by atoms with van der Waals surface area (Å²) in [6.45, 7) is 5.92. The van der Waals surface area contributed by atoms with E-state index in [0.717, 1.165) is 57.9 Å². The molecule has 0 spiro atoms. The Morgan fingerprint density at radius 1 is 0.964 bits per heavy atom. The molecule has 0 aliphatic carbocycles. The molecule has 1 N–H and O–H groups in total. The fourth-order valence-corrected chi connectivity index (χ4v) is 4.42. The lowest BCUT2D eigenvalue weighted by Crippen LogP contribution is -2.62. The van der Waals surface area contributed by atoms with Crippen LogP contribution in [0.1, 0.15) is 17.5 Å². The second-order valence-corrected chi connectivity index (χ2v) is 7.78. The van der Waals surface area contributed by atoms with Gasteiger partial charge in [-0.15, -0.1) is 0 Å². The van der Waals surface area contributed by atoms with Crippen molar-refractivity contribution in [2.75, 3.05) is 45.9 Å². The van der Waals surface area contributed by atoms with Crippen LogP contribution in [-0.4, -0.2) is 66.9 Å². The van der Waals surface area contributed by atoms with Crippen LogP contribution in [0.15, 0.2) is 66.7 Å². The summed E-state index contributed by atoms with van der Waals surface area (Å²) in [6.07, 6.45) is 5.17. The van der Waals surface area contributed by atoms with E-state index in [9.17, 15) is 5.11 Å². The molecule has 0 aromatic heterocycles. The zero-order chi connectivity index (χ0) is 19.2. The van der Waals surface area contributed by atoms with Gasteiger partial charge >= 0.3 is 0 Å². The standard InChI is InChI=1S/C24H30N2O2/c27-24(22-11-5-2-6-12-22)13-15-25(14-7-10-21-8-3-1-4-9-21)20-23(24)26-16-18-28-19-17-26/h1-12,23,27H,13-20H2/b10-7+/t23-,24+/m1/s1. The van der Waals surface area contributed by atoms with E-state index >= 15 is 0 Å². The number of aliphatic hydroxyl groups is 1. The molecule has 2 aliphatic heterocycles. The summed E-state index contributed by atoms with van der Waals surface area (Å²) in [5.74, 6) is 0. The minimum atomic E-state index is -0.807. The van der Waals surface area contributed by atoms with Gasteiger partial charge in [-0.1, -0.05) is 72.8 Å². The molecule has 2 aromatic rings. The molecule has 4 heteroatoms.